The second-order valence-electron chi connectivity index (χ2n) is 12.7. The number of thioether (sulfide) groups is 3. The average Bonchev–Trinajstić information content (AvgIpc) is 3.08. The van der Waals surface area contributed by atoms with Crippen LogP contribution in [0.2, 0.25) is 0 Å². The van der Waals surface area contributed by atoms with E-state index < -0.39 is 0 Å². The molecule has 294 valence electrons. The summed E-state index contributed by atoms with van der Waals surface area (Å²) in [6, 6.07) is 0. The predicted octanol–water partition coefficient (Wildman–Crippen LogP) is 7.39. The van der Waals surface area contributed by atoms with Gasteiger partial charge < -0.3 is 27.8 Å². The number of carbonyl (C=O) groups is 3. The van der Waals surface area contributed by atoms with Gasteiger partial charge in [0.05, 0.1) is 17.3 Å². The lowest BCUT2D eigenvalue weighted by Gasteiger charge is -2.04. The highest BCUT2D eigenvalue weighted by atomic mass is 32.2. The average molecular weight is 752 g/mol. The first-order valence-electron chi connectivity index (χ1n) is 19.5. The summed E-state index contributed by atoms with van der Waals surface area (Å²) in [4.78, 5) is 33.6. The Balaban J connectivity index is -0.000000655. The smallest absolute Gasteiger partial charge is 0.142 e. The van der Waals surface area contributed by atoms with Crippen LogP contribution in [0.25, 0.3) is 0 Å². The van der Waals surface area contributed by atoms with E-state index in [1.54, 1.807) is 35.3 Å². The Kier molecular flexibility index (Phi) is 54.3. The lowest BCUT2D eigenvalue weighted by molar-refractivity contribution is -0.117. The van der Waals surface area contributed by atoms with Crippen LogP contribution < -0.4 is 27.8 Å². The van der Waals surface area contributed by atoms with Crippen molar-refractivity contribution in [1.29, 1.82) is 0 Å². The number of nitrogens with one attached hydrogen (secondary N) is 2. The number of rotatable bonds is 37. The van der Waals surface area contributed by atoms with Gasteiger partial charge in [-0.2, -0.15) is 35.3 Å². The number of ketones is 3. The number of carbonyl (C=O) groups excluding carboxylic acids is 3. The van der Waals surface area contributed by atoms with Crippen molar-refractivity contribution in [3.05, 3.63) is 0 Å². The molecule has 0 aliphatic carbocycles. The molecular formula is C38H81N5O3S3. The molecule has 0 heterocycles. The molecule has 8 N–H and O–H groups in total. The molecule has 11 heteroatoms. The molecule has 0 rings (SSSR count). The van der Waals surface area contributed by atoms with Gasteiger partial charge in [-0.05, 0) is 116 Å². The van der Waals surface area contributed by atoms with Gasteiger partial charge in [0.15, 0.2) is 0 Å². The van der Waals surface area contributed by atoms with Crippen molar-refractivity contribution in [3.8, 4) is 0 Å². The van der Waals surface area contributed by atoms with Gasteiger partial charge in [-0.3, -0.25) is 14.4 Å². The van der Waals surface area contributed by atoms with Gasteiger partial charge in [0.1, 0.15) is 17.3 Å². The molecule has 0 aromatic rings. The van der Waals surface area contributed by atoms with Gasteiger partial charge >= 0.3 is 0 Å². The molecular weight excluding hydrogens is 671 g/mol. The summed E-state index contributed by atoms with van der Waals surface area (Å²) in [5.74, 6) is 3.27. The monoisotopic (exact) mass is 752 g/mol. The van der Waals surface area contributed by atoms with E-state index in [4.69, 9.17) is 17.2 Å². The topological polar surface area (TPSA) is 153 Å². The van der Waals surface area contributed by atoms with Crippen LogP contribution in [0.15, 0.2) is 0 Å². The maximum Gasteiger partial charge on any atom is 0.142 e. The third kappa shape index (κ3) is 54.8. The van der Waals surface area contributed by atoms with Crippen molar-refractivity contribution in [3.63, 3.8) is 0 Å². The maximum atomic E-state index is 11.3. The largest absolute Gasteiger partial charge is 0.330 e. The number of Topliss-reactive ketones (excluding diaryl/α,β-unsaturated/α-hetero) is 3. The summed E-state index contributed by atoms with van der Waals surface area (Å²) in [6.07, 6.45) is 31.2. The first-order valence-corrected chi connectivity index (χ1v) is 23.6. The van der Waals surface area contributed by atoms with E-state index >= 15 is 0 Å². The second-order valence-corrected chi connectivity index (χ2v) is 15.3. The van der Waals surface area contributed by atoms with E-state index in [1.165, 1.54) is 70.6 Å². The molecule has 8 nitrogen and oxygen atoms in total. The molecule has 0 aliphatic heterocycles. The summed E-state index contributed by atoms with van der Waals surface area (Å²) < 4.78 is 0. The van der Waals surface area contributed by atoms with Crippen molar-refractivity contribution in [2.24, 2.45) is 17.2 Å². The molecule has 0 saturated heterocycles. The van der Waals surface area contributed by atoms with Crippen LogP contribution in [0.1, 0.15) is 141 Å². The Morgan fingerprint density at radius 2 is 0.612 bits per heavy atom. The van der Waals surface area contributed by atoms with Crippen LogP contribution >= 0.6 is 35.3 Å². The second kappa shape index (κ2) is 50.0. The molecule has 0 fully saturated rings. The van der Waals surface area contributed by atoms with Gasteiger partial charge in [-0.15, -0.1) is 0 Å². The Morgan fingerprint density at radius 1 is 0.367 bits per heavy atom. The predicted molar refractivity (Wildman–Crippen MR) is 225 cm³/mol. The summed E-state index contributed by atoms with van der Waals surface area (Å²) in [5, 5.41) is 6.73. The van der Waals surface area contributed by atoms with Crippen molar-refractivity contribution < 1.29 is 14.4 Å². The van der Waals surface area contributed by atoms with Crippen LogP contribution in [0.4, 0.5) is 0 Å². The zero-order valence-corrected chi connectivity index (χ0v) is 34.8. The third-order valence-corrected chi connectivity index (χ3v) is 9.64. The molecule has 0 bridgehead atoms. The fraction of sp³-hybridized carbons (Fsp3) is 0.921. The number of unbranched alkanes of at least 4 members (excludes halogenated alkanes) is 14. The molecule has 0 radical (unpaired) electrons. The molecule has 49 heavy (non-hydrogen) atoms. The molecule has 0 unspecified atom stereocenters. The van der Waals surface area contributed by atoms with Crippen molar-refractivity contribution in [1.82, 2.24) is 10.6 Å². The zero-order valence-electron chi connectivity index (χ0n) is 32.3. The first kappa shape index (κ1) is 53.2. The highest BCUT2D eigenvalue weighted by Crippen LogP contribution is 2.10. The van der Waals surface area contributed by atoms with Gasteiger partial charge in [-0.1, -0.05) is 70.6 Å². The number of hydrogen-bond acceptors (Lipinski definition) is 11. The van der Waals surface area contributed by atoms with E-state index in [9.17, 15) is 14.4 Å². The summed E-state index contributed by atoms with van der Waals surface area (Å²) in [6.45, 7) is 6.62. The van der Waals surface area contributed by atoms with Crippen LogP contribution in [0, 0.1) is 0 Å². The highest BCUT2D eigenvalue weighted by Gasteiger charge is 2.02. The van der Waals surface area contributed by atoms with Crippen LogP contribution in [-0.2, 0) is 14.4 Å². The van der Waals surface area contributed by atoms with E-state index in [0.29, 0.717) is 34.6 Å². The molecule has 0 aromatic heterocycles. The van der Waals surface area contributed by atoms with Crippen molar-refractivity contribution in [2.75, 3.05) is 81.8 Å². The van der Waals surface area contributed by atoms with E-state index in [1.807, 2.05) is 18.8 Å². The summed E-state index contributed by atoms with van der Waals surface area (Å²) >= 11 is 4.87. The number of hydrogen-bond donors (Lipinski definition) is 5. The summed E-state index contributed by atoms with van der Waals surface area (Å²) in [5.41, 5.74) is 16.2. The fourth-order valence-electron chi connectivity index (χ4n) is 4.96. The molecule has 0 aliphatic rings. The minimum Gasteiger partial charge on any atom is -0.330 e. The summed E-state index contributed by atoms with van der Waals surface area (Å²) in [7, 11) is 0. The van der Waals surface area contributed by atoms with E-state index in [2.05, 4.69) is 10.6 Å². The third-order valence-electron chi connectivity index (χ3n) is 7.81. The minimum absolute atomic E-state index is 0.388. The van der Waals surface area contributed by atoms with Gasteiger partial charge in [-0.25, -0.2) is 0 Å². The lowest BCUT2D eigenvalue weighted by atomic mass is 10.1. The number of nitrogens with two attached hydrogens (primary N) is 3. The van der Waals surface area contributed by atoms with Gasteiger partial charge in [0, 0.05) is 19.3 Å². The standard InChI is InChI=1S/C15H32N2OS.C12H25NOS.C11H24N2OS/c1-19-14-15(18)10-7-5-3-2-4-6-8-12-17-13-9-11-16;1-15-11-12(14)9-7-5-3-2-4-6-8-10-13;1-15-10-11(14)6-3-2-4-8-13-9-5-7-12/h17H,2-14,16H2,1H3;2-11,13H2,1H3;13H,2-10,12H2,1H3. The SMILES string of the molecule is CSCC(=O)CCCCCCCCCN.CSCC(=O)CCCCCCCCCNCCCN.CSCC(=O)CCCCCNCCCN. The Hall–Kier alpha value is -0.140. The Labute approximate surface area is 316 Å². The highest BCUT2D eigenvalue weighted by molar-refractivity contribution is 7.99. The molecule has 0 saturated carbocycles. The van der Waals surface area contributed by atoms with Crippen LogP contribution in [0.3, 0.4) is 0 Å². The Bertz CT molecular complexity index is 645. The molecule has 0 amide bonds. The quantitative estimate of drug-likeness (QED) is 0.0404. The maximum absolute atomic E-state index is 11.3. The molecule has 0 aromatic carbocycles. The Morgan fingerprint density at radius 3 is 0.918 bits per heavy atom. The van der Waals surface area contributed by atoms with Gasteiger partial charge in [0.2, 0.25) is 0 Å². The normalized spacial score (nSPS) is 10.7. The van der Waals surface area contributed by atoms with Crippen molar-refractivity contribution >= 4 is 52.6 Å². The van der Waals surface area contributed by atoms with E-state index in [-0.39, 0.29) is 0 Å². The van der Waals surface area contributed by atoms with Gasteiger partial charge in [0.25, 0.3) is 0 Å². The fourth-order valence-corrected chi connectivity index (χ4v) is 6.36. The first-order chi connectivity index (χ1) is 23.9. The van der Waals surface area contributed by atoms with Crippen LogP contribution in [-0.4, -0.2) is 99.2 Å². The molecule has 0 spiro atoms. The van der Waals surface area contributed by atoms with Crippen molar-refractivity contribution in [2.45, 2.75) is 141 Å². The molecule has 0 atom stereocenters. The van der Waals surface area contributed by atoms with E-state index in [0.717, 1.165) is 116 Å². The van der Waals surface area contributed by atoms with Crippen LogP contribution in [0.5, 0.6) is 0 Å². The minimum atomic E-state index is 0.388. The lowest BCUT2D eigenvalue weighted by Crippen LogP contribution is -2.19. The zero-order chi connectivity index (χ0) is 36.9.